The molecule has 0 aromatic carbocycles. The summed E-state index contributed by atoms with van der Waals surface area (Å²) in [6.07, 6.45) is -6.52. The van der Waals surface area contributed by atoms with Crippen molar-refractivity contribution in [3.8, 4) is 0 Å². The number of alkyl halides is 4. The van der Waals surface area contributed by atoms with Crippen LogP contribution in [0.15, 0.2) is 4.79 Å². The molecule has 0 aliphatic heterocycles. The highest BCUT2D eigenvalue weighted by molar-refractivity contribution is 5.66. The maximum atomic E-state index is 14.2. The second kappa shape index (κ2) is 6.65. The fourth-order valence-electron chi connectivity index (χ4n) is 2.05. The van der Waals surface area contributed by atoms with Crippen LogP contribution >= 0.6 is 0 Å². The van der Waals surface area contributed by atoms with Crippen molar-refractivity contribution in [2.75, 3.05) is 6.61 Å². The van der Waals surface area contributed by atoms with Gasteiger partial charge in [-0.25, -0.2) is 9.49 Å². The number of rotatable bonds is 6. The van der Waals surface area contributed by atoms with E-state index >= 15 is 0 Å². The lowest BCUT2D eigenvalue weighted by Crippen LogP contribution is -2.41. The molecule has 130 valence electrons. The number of aliphatic carboxylic acids is 1. The summed E-state index contributed by atoms with van der Waals surface area (Å²) in [6, 6.07) is 0. The van der Waals surface area contributed by atoms with Gasteiger partial charge >= 0.3 is 12.1 Å². The summed E-state index contributed by atoms with van der Waals surface area (Å²) in [7, 11) is 0. The van der Waals surface area contributed by atoms with E-state index in [1.54, 1.807) is 0 Å². The van der Waals surface area contributed by atoms with Crippen LogP contribution in [0.5, 0.6) is 0 Å². The number of ether oxygens (including phenoxy) is 1. The zero-order valence-corrected chi connectivity index (χ0v) is 12.6. The summed E-state index contributed by atoms with van der Waals surface area (Å²) in [5, 5.41) is 13.9. The van der Waals surface area contributed by atoms with E-state index in [2.05, 4.69) is 5.10 Å². The summed E-state index contributed by atoms with van der Waals surface area (Å²) in [4.78, 5) is 22.0. The van der Waals surface area contributed by atoms with Crippen LogP contribution in [-0.2, 0) is 15.2 Å². The average Bonchev–Trinajstić information content (AvgIpc) is 2.36. The first-order valence-corrected chi connectivity index (χ1v) is 6.58. The number of nitrogens with one attached hydrogen (secondary N) is 1. The number of aromatic nitrogens is 2. The normalized spacial score (nSPS) is 16.0. The van der Waals surface area contributed by atoms with E-state index in [4.69, 9.17) is 9.84 Å². The number of carboxylic acid groups (broad SMARTS) is 1. The highest BCUT2D eigenvalue weighted by Gasteiger charge is 2.56. The highest BCUT2D eigenvalue weighted by Crippen LogP contribution is 2.42. The molecule has 2 atom stereocenters. The van der Waals surface area contributed by atoms with Gasteiger partial charge < -0.3 is 9.84 Å². The molecule has 0 spiro atoms. The van der Waals surface area contributed by atoms with Crippen molar-refractivity contribution in [3.63, 3.8) is 0 Å². The first kappa shape index (κ1) is 19.1. The van der Waals surface area contributed by atoms with Crippen molar-refractivity contribution in [3.05, 3.63) is 27.2 Å². The van der Waals surface area contributed by atoms with Crippen molar-refractivity contribution in [1.29, 1.82) is 0 Å². The van der Waals surface area contributed by atoms with Crippen LogP contribution < -0.4 is 5.56 Å². The molecule has 1 aromatic rings. The second-order valence-corrected chi connectivity index (χ2v) is 5.10. The van der Waals surface area contributed by atoms with Gasteiger partial charge in [0.25, 0.3) is 5.56 Å². The molecule has 0 aliphatic rings. The third kappa shape index (κ3) is 4.06. The van der Waals surface area contributed by atoms with E-state index in [0.717, 1.165) is 6.92 Å². The van der Waals surface area contributed by atoms with Gasteiger partial charge in [0.15, 0.2) is 0 Å². The van der Waals surface area contributed by atoms with Crippen LogP contribution in [0.4, 0.5) is 17.6 Å². The maximum absolute atomic E-state index is 14.2. The van der Waals surface area contributed by atoms with Crippen molar-refractivity contribution in [2.45, 2.75) is 45.1 Å². The van der Waals surface area contributed by atoms with E-state index in [9.17, 15) is 27.2 Å². The molecule has 0 saturated carbocycles. The first-order valence-electron chi connectivity index (χ1n) is 6.58. The quantitative estimate of drug-likeness (QED) is 0.776. The Labute approximate surface area is 128 Å². The van der Waals surface area contributed by atoms with Gasteiger partial charge in [0, 0.05) is 0 Å². The largest absolute Gasteiger partial charge is 0.481 e. The first-order chi connectivity index (χ1) is 10.4. The Morgan fingerprint density at radius 1 is 1.39 bits per heavy atom. The minimum Gasteiger partial charge on any atom is -0.481 e. The third-order valence-electron chi connectivity index (χ3n) is 3.33. The molecule has 0 amide bonds. The molecule has 10 heteroatoms. The van der Waals surface area contributed by atoms with Gasteiger partial charge in [-0.05, 0) is 26.3 Å². The molecular formula is C13H16F4N2O4. The van der Waals surface area contributed by atoms with E-state index < -0.39 is 35.0 Å². The van der Waals surface area contributed by atoms with Gasteiger partial charge in [0.1, 0.15) is 0 Å². The number of carboxylic acids is 1. The standard InChI is InChI=1S/C13H16F4N2O4/c1-6-9(12(3,14)13(15,16)17)11(22)19-18-10(6)7(2)23-5-4-8(20)21/h7H,4-5H2,1-3H3,(H,19,22)(H,20,21). The number of hydrogen-bond acceptors (Lipinski definition) is 4. The Morgan fingerprint density at radius 2 is 1.96 bits per heavy atom. The summed E-state index contributed by atoms with van der Waals surface area (Å²) < 4.78 is 57.9. The van der Waals surface area contributed by atoms with Crippen molar-refractivity contribution < 1.29 is 32.2 Å². The van der Waals surface area contributed by atoms with Gasteiger partial charge in [-0.3, -0.25) is 9.59 Å². The van der Waals surface area contributed by atoms with Crippen molar-refractivity contribution in [2.24, 2.45) is 0 Å². The molecule has 0 aliphatic carbocycles. The average molecular weight is 340 g/mol. The lowest BCUT2D eigenvalue weighted by atomic mass is 9.93. The molecule has 2 N–H and O–H groups in total. The molecular weight excluding hydrogens is 324 g/mol. The number of carbonyl (C=O) groups is 1. The van der Waals surface area contributed by atoms with Gasteiger partial charge in [-0.15, -0.1) is 0 Å². The fourth-order valence-corrected chi connectivity index (χ4v) is 2.05. The zero-order chi connectivity index (χ0) is 18.0. The third-order valence-corrected chi connectivity index (χ3v) is 3.33. The SMILES string of the molecule is Cc1c(C(C)OCCC(=O)O)n[nH]c(=O)c1C(C)(F)C(F)(F)F. The van der Waals surface area contributed by atoms with Crippen molar-refractivity contribution in [1.82, 2.24) is 10.2 Å². The maximum Gasteiger partial charge on any atom is 0.426 e. The number of halogens is 4. The smallest absolute Gasteiger partial charge is 0.426 e. The minimum atomic E-state index is -5.28. The molecule has 23 heavy (non-hydrogen) atoms. The Balaban J connectivity index is 3.22. The van der Waals surface area contributed by atoms with E-state index in [-0.39, 0.29) is 31.2 Å². The topological polar surface area (TPSA) is 92.3 Å². The Kier molecular flexibility index (Phi) is 5.51. The number of hydrogen-bond donors (Lipinski definition) is 2. The monoisotopic (exact) mass is 340 g/mol. The van der Waals surface area contributed by atoms with Crippen LogP contribution in [0.3, 0.4) is 0 Å². The van der Waals surface area contributed by atoms with Crippen molar-refractivity contribution >= 4 is 5.97 Å². The van der Waals surface area contributed by atoms with Crippen LogP contribution in [0.25, 0.3) is 0 Å². The molecule has 2 unspecified atom stereocenters. The number of H-pyrrole nitrogens is 1. The van der Waals surface area contributed by atoms with E-state index in [0.29, 0.717) is 0 Å². The van der Waals surface area contributed by atoms with Gasteiger partial charge in [0.2, 0.25) is 5.67 Å². The van der Waals surface area contributed by atoms with Crippen LogP contribution in [0.2, 0.25) is 0 Å². The molecule has 0 saturated heterocycles. The molecule has 1 rings (SSSR count). The molecule has 0 bridgehead atoms. The molecule has 0 fully saturated rings. The molecule has 6 nitrogen and oxygen atoms in total. The van der Waals surface area contributed by atoms with Gasteiger partial charge in [0.05, 0.1) is 30.4 Å². The van der Waals surface area contributed by atoms with Gasteiger partial charge in [-0.2, -0.15) is 18.3 Å². The summed E-state index contributed by atoms with van der Waals surface area (Å²) >= 11 is 0. The summed E-state index contributed by atoms with van der Waals surface area (Å²) in [6.45, 7) is 2.58. The Hall–Kier alpha value is -1.97. The van der Waals surface area contributed by atoms with Crippen LogP contribution in [-0.4, -0.2) is 34.1 Å². The fraction of sp³-hybridized carbons (Fsp3) is 0.615. The van der Waals surface area contributed by atoms with E-state index in [1.165, 1.54) is 6.92 Å². The summed E-state index contributed by atoms with van der Waals surface area (Å²) in [5.41, 5.74) is -6.63. The lowest BCUT2D eigenvalue weighted by molar-refractivity contribution is -0.229. The second-order valence-electron chi connectivity index (χ2n) is 5.10. The summed E-state index contributed by atoms with van der Waals surface area (Å²) in [5.74, 6) is -1.11. The Bertz CT molecular complexity index is 640. The molecule has 1 heterocycles. The van der Waals surface area contributed by atoms with Crippen LogP contribution in [0.1, 0.15) is 43.2 Å². The number of aromatic amines is 1. The number of nitrogens with zero attached hydrogens (tertiary/aromatic N) is 1. The predicted octanol–water partition coefficient (Wildman–Crippen LogP) is 2.38. The highest BCUT2D eigenvalue weighted by atomic mass is 19.4. The Morgan fingerprint density at radius 3 is 2.43 bits per heavy atom. The van der Waals surface area contributed by atoms with E-state index in [1.807, 2.05) is 5.10 Å². The lowest BCUT2D eigenvalue weighted by Gasteiger charge is -2.26. The molecule has 0 radical (unpaired) electrons. The minimum absolute atomic E-state index is 0.0990. The predicted molar refractivity (Wildman–Crippen MR) is 70.7 cm³/mol. The molecule has 1 aromatic heterocycles. The van der Waals surface area contributed by atoms with Gasteiger partial charge in [-0.1, -0.05) is 0 Å². The van der Waals surface area contributed by atoms with Crippen LogP contribution in [0, 0.1) is 6.92 Å². The zero-order valence-electron chi connectivity index (χ0n) is 12.6.